The van der Waals surface area contributed by atoms with Crippen LogP contribution in [0.1, 0.15) is 22.9 Å². The normalized spacial score (nSPS) is 13.0. The molecule has 0 N–H and O–H groups in total. The zero-order valence-corrected chi connectivity index (χ0v) is 11.2. The van der Waals surface area contributed by atoms with Crippen LogP contribution in [0.2, 0.25) is 0 Å². The van der Waals surface area contributed by atoms with E-state index in [2.05, 4.69) is 32.3 Å². The smallest absolute Gasteiger partial charge is 0.100 e. The Morgan fingerprint density at radius 3 is 2.93 bits per heavy atom. The molecule has 0 radical (unpaired) electrons. The van der Waals surface area contributed by atoms with Gasteiger partial charge in [-0.3, -0.25) is 0 Å². The summed E-state index contributed by atoms with van der Waals surface area (Å²) in [6.07, 6.45) is 1.88. The Kier molecular flexibility index (Phi) is 3.43. The van der Waals surface area contributed by atoms with Crippen molar-refractivity contribution in [2.24, 2.45) is 0 Å². The summed E-state index contributed by atoms with van der Waals surface area (Å²) in [6.45, 7) is 2.63. The van der Waals surface area contributed by atoms with E-state index in [1.54, 1.807) is 16.0 Å². The van der Waals surface area contributed by atoms with E-state index in [0.717, 1.165) is 16.0 Å². The fourth-order valence-corrected chi connectivity index (χ4v) is 2.74. The molecule has 1 atom stereocenters. The molecule has 0 saturated heterocycles. The molecule has 2 aromatic heterocycles. The van der Waals surface area contributed by atoms with Crippen LogP contribution in [-0.4, -0.2) is 15.0 Å². The summed E-state index contributed by atoms with van der Waals surface area (Å²) in [6, 6.07) is 4.10. The Morgan fingerprint density at radius 2 is 2.40 bits per heavy atom. The van der Waals surface area contributed by atoms with E-state index < -0.39 is 0 Å². The standard InChI is InChI=1S/C9H9BrClN3S/c1-6(11)8-5-14(13-12-8)4-7-2-3-9(10)15-7/h2-3,5-6H,4H2,1H3. The molecule has 0 aliphatic rings. The number of hydrogen-bond acceptors (Lipinski definition) is 3. The highest BCUT2D eigenvalue weighted by Crippen LogP contribution is 2.23. The number of nitrogens with zero attached hydrogens (tertiary/aromatic N) is 3. The van der Waals surface area contributed by atoms with Crippen LogP contribution in [0.25, 0.3) is 0 Å². The highest BCUT2D eigenvalue weighted by atomic mass is 79.9. The summed E-state index contributed by atoms with van der Waals surface area (Å²) in [7, 11) is 0. The van der Waals surface area contributed by atoms with Crippen molar-refractivity contribution in [1.29, 1.82) is 0 Å². The van der Waals surface area contributed by atoms with Crippen LogP contribution >= 0.6 is 38.9 Å². The zero-order valence-electron chi connectivity index (χ0n) is 8.02. The molecule has 0 amide bonds. The number of halogens is 2. The van der Waals surface area contributed by atoms with E-state index in [0.29, 0.717) is 0 Å². The third kappa shape index (κ3) is 2.80. The highest BCUT2D eigenvalue weighted by molar-refractivity contribution is 9.11. The number of rotatable bonds is 3. The van der Waals surface area contributed by atoms with Crippen molar-refractivity contribution in [2.45, 2.75) is 18.8 Å². The lowest BCUT2D eigenvalue weighted by atomic mass is 10.4. The molecule has 0 saturated carbocycles. The molecule has 0 spiro atoms. The van der Waals surface area contributed by atoms with Crippen LogP contribution in [0, 0.1) is 0 Å². The van der Waals surface area contributed by atoms with Gasteiger partial charge in [-0.1, -0.05) is 5.21 Å². The lowest BCUT2D eigenvalue weighted by Crippen LogP contribution is -1.98. The molecule has 0 aromatic carbocycles. The van der Waals surface area contributed by atoms with Crippen LogP contribution in [0.3, 0.4) is 0 Å². The average molecular weight is 307 g/mol. The molecular weight excluding hydrogens is 298 g/mol. The maximum atomic E-state index is 5.90. The largest absolute Gasteiger partial charge is 0.247 e. The van der Waals surface area contributed by atoms with Gasteiger partial charge in [0.1, 0.15) is 5.69 Å². The second-order valence-electron chi connectivity index (χ2n) is 3.16. The van der Waals surface area contributed by atoms with Gasteiger partial charge >= 0.3 is 0 Å². The van der Waals surface area contributed by atoms with Crippen LogP contribution < -0.4 is 0 Å². The van der Waals surface area contributed by atoms with E-state index in [1.807, 2.05) is 19.2 Å². The molecule has 0 aliphatic carbocycles. The fraction of sp³-hybridized carbons (Fsp3) is 0.333. The Morgan fingerprint density at radius 1 is 1.60 bits per heavy atom. The van der Waals surface area contributed by atoms with E-state index in [9.17, 15) is 0 Å². The van der Waals surface area contributed by atoms with Gasteiger partial charge in [0.2, 0.25) is 0 Å². The molecule has 1 unspecified atom stereocenters. The summed E-state index contributed by atoms with van der Waals surface area (Å²) >= 11 is 11.0. The van der Waals surface area contributed by atoms with Gasteiger partial charge in [-0.05, 0) is 35.0 Å². The number of alkyl halides is 1. The molecular formula is C9H9BrClN3S. The van der Waals surface area contributed by atoms with E-state index >= 15 is 0 Å². The first-order valence-corrected chi connectivity index (χ1v) is 6.48. The summed E-state index contributed by atoms with van der Waals surface area (Å²) in [5, 5.41) is 7.92. The third-order valence-corrected chi connectivity index (χ3v) is 3.74. The molecule has 3 nitrogen and oxygen atoms in total. The second-order valence-corrected chi connectivity index (χ2v) is 6.37. The van der Waals surface area contributed by atoms with Crippen molar-refractivity contribution >= 4 is 38.9 Å². The first kappa shape index (κ1) is 11.1. The van der Waals surface area contributed by atoms with Gasteiger partial charge in [0.05, 0.1) is 21.9 Å². The molecule has 15 heavy (non-hydrogen) atoms. The van der Waals surface area contributed by atoms with Crippen molar-refractivity contribution in [3.05, 3.63) is 32.7 Å². The van der Waals surface area contributed by atoms with Crippen molar-refractivity contribution in [2.75, 3.05) is 0 Å². The van der Waals surface area contributed by atoms with Crippen molar-refractivity contribution in [3.63, 3.8) is 0 Å². The molecule has 2 rings (SSSR count). The van der Waals surface area contributed by atoms with Gasteiger partial charge in [0, 0.05) is 4.88 Å². The van der Waals surface area contributed by atoms with Crippen LogP contribution in [0.4, 0.5) is 0 Å². The predicted octanol–water partition coefficient (Wildman–Crippen LogP) is 3.45. The van der Waals surface area contributed by atoms with Gasteiger partial charge in [0.25, 0.3) is 0 Å². The molecule has 80 valence electrons. The summed E-state index contributed by atoms with van der Waals surface area (Å²) in [5.41, 5.74) is 0.812. The van der Waals surface area contributed by atoms with Crippen LogP contribution in [0.5, 0.6) is 0 Å². The zero-order chi connectivity index (χ0) is 10.8. The lowest BCUT2D eigenvalue weighted by molar-refractivity contribution is 0.655. The average Bonchev–Trinajstić information content (AvgIpc) is 2.76. The predicted molar refractivity (Wildman–Crippen MR) is 65.4 cm³/mol. The first-order chi connectivity index (χ1) is 7.15. The van der Waals surface area contributed by atoms with Crippen molar-refractivity contribution in [1.82, 2.24) is 15.0 Å². The molecule has 0 bridgehead atoms. The molecule has 0 aliphatic heterocycles. The Balaban J connectivity index is 2.11. The third-order valence-electron chi connectivity index (χ3n) is 1.91. The van der Waals surface area contributed by atoms with Gasteiger partial charge < -0.3 is 0 Å². The monoisotopic (exact) mass is 305 g/mol. The van der Waals surface area contributed by atoms with Crippen LogP contribution in [0.15, 0.2) is 22.1 Å². The minimum absolute atomic E-state index is 0.0891. The van der Waals surface area contributed by atoms with E-state index in [1.165, 1.54) is 4.88 Å². The first-order valence-electron chi connectivity index (χ1n) is 4.43. The highest BCUT2D eigenvalue weighted by Gasteiger charge is 2.07. The molecule has 2 heterocycles. The second kappa shape index (κ2) is 4.63. The number of aromatic nitrogens is 3. The summed E-state index contributed by atoms with van der Waals surface area (Å²) in [4.78, 5) is 1.24. The topological polar surface area (TPSA) is 30.7 Å². The Labute approximate surface area is 105 Å². The van der Waals surface area contributed by atoms with Crippen molar-refractivity contribution < 1.29 is 0 Å². The van der Waals surface area contributed by atoms with Gasteiger partial charge in [-0.25, -0.2) is 4.68 Å². The number of hydrogen-bond donors (Lipinski definition) is 0. The van der Waals surface area contributed by atoms with E-state index in [-0.39, 0.29) is 5.38 Å². The molecule has 2 aromatic rings. The minimum Gasteiger partial charge on any atom is -0.247 e. The van der Waals surface area contributed by atoms with Crippen LogP contribution in [-0.2, 0) is 6.54 Å². The van der Waals surface area contributed by atoms with Gasteiger partial charge in [-0.2, -0.15) is 0 Å². The van der Waals surface area contributed by atoms with Gasteiger partial charge in [-0.15, -0.1) is 28.0 Å². The quantitative estimate of drug-likeness (QED) is 0.813. The summed E-state index contributed by atoms with van der Waals surface area (Å²) in [5.74, 6) is 0. The number of thiophene rings is 1. The lowest BCUT2D eigenvalue weighted by Gasteiger charge is -1.96. The molecule has 0 fully saturated rings. The Hall–Kier alpha value is -0.390. The maximum Gasteiger partial charge on any atom is 0.100 e. The van der Waals surface area contributed by atoms with Crippen molar-refractivity contribution in [3.8, 4) is 0 Å². The van der Waals surface area contributed by atoms with Gasteiger partial charge in [0.15, 0.2) is 0 Å². The summed E-state index contributed by atoms with van der Waals surface area (Å²) < 4.78 is 2.93. The maximum absolute atomic E-state index is 5.90. The van der Waals surface area contributed by atoms with E-state index in [4.69, 9.17) is 11.6 Å². The molecule has 6 heteroatoms. The minimum atomic E-state index is -0.0891. The SMILES string of the molecule is CC(Cl)c1cn(Cc2ccc(Br)s2)nn1. The fourth-order valence-electron chi connectivity index (χ4n) is 1.17. The Bertz CT molecular complexity index is 452.